The van der Waals surface area contributed by atoms with Crippen LogP contribution in [-0.4, -0.2) is 11.7 Å². The van der Waals surface area contributed by atoms with Crippen molar-refractivity contribution in [1.29, 1.82) is 0 Å². The highest BCUT2D eigenvalue weighted by atomic mass is 16.2. The summed E-state index contributed by atoms with van der Waals surface area (Å²) >= 11 is 0. The van der Waals surface area contributed by atoms with Crippen LogP contribution in [0.1, 0.15) is 6.92 Å². The van der Waals surface area contributed by atoms with E-state index in [1.807, 2.05) is 79.8 Å². The summed E-state index contributed by atoms with van der Waals surface area (Å²) in [4.78, 5) is 0. The van der Waals surface area contributed by atoms with Crippen LogP contribution in [-0.2, 0) is 0 Å². The van der Waals surface area contributed by atoms with Crippen LogP contribution in [0.4, 0.5) is 0 Å². The summed E-state index contributed by atoms with van der Waals surface area (Å²) in [6.45, 7) is 2.07. The fourth-order valence-corrected chi connectivity index (χ4v) is 0.892. The van der Waals surface area contributed by atoms with Crippen LogP contribution in [0.15, 0.2) is 85.1 Å². The molecule has 0 atom stereocenters. The first kappa shape index (κ1) is 15.1. The molecule has 0 radical (unpaired) electrons. The Kier molecular flexibility index (Phi) is 12.6. The van der Waals surface area contributed by atoms with Crippen molar-refractivity contribution in [3.8, 4) is 0 Å². The highest BCUT2D eigenvalue weighted by Crippen LogP contribution is 1.85. The highest BCUT2D eigenvalue weighted by Gasteiger charge is 1.64. The average molecular weight is 228 g/mol. The molecule has 0 aromatic rings. The normalized spacial score (nSPS) is 14.2. The van der Waals surface area contributed by atoms with Gasteiger partial charge in [0, 0.05) is 0 Å². The molecule has 0 unspecified atom stereocenters. The predicted molar refractivity (Wildman–Crippen MR) is 76.7 cm³/mol. The van der Waals surface area contributed by atoms with Crippen LogP contribution < -0.4 is 0 Å². The molecule has 0 aromatic carbocycles. The Morgan fingerprint density at radius 3 is 1.29 bits per heavy atom. The zero-order chi connectivity index (χ0) is 12.6. The van der Waals surface area contributed by atoms with Crippen molar-refractivity contribution in [2.75, 3.05) is 6.61 Å². The summed E-state index contributed by atoms with van der Waals surface area (Å²) in [6.07, 6.45) is 27.0. The molecule has 0 heterocycles. The highest BCUT2D eigenvalue weighted by molar-refractivity contribution is 5.20. The van der Waals surface area contributed by atoms with E-state index in [-0.39, 0.29) is 6.61 Å². The monoisotopic (exact) mass is 228 g/mol. The van der Waals surface area contributed by atoms with Crippen molar-refractivity contribution < 1.29 is 5.11 Å². The van der Waals surface area contributed by atoms with Crippen molar-refractivity contribution in [3.05, 3.63) is 85.1 Å². The van der Waals surface area contributed by atoms with E-state index < -0.39 is 0 Å². The number of aliphatic hydroxyl groups excluding tert-OH is 1. The van der Waals surface area contributed by atoms with Gasteiger partial charge in [-0.1, -0.05) is 85.1 Å². The lowest BCUT2D eigenvalue weighted by molar-refractivity contribution is 0.343. The molecule has 0 fully saturated rings. The molecule has 0 aromatic heterocycles. The molecule has 0 aliphatic rings. The third-order valence-electron chi connectivity index (χ3n) is 1.66. The van der Waals surface area contributed by atoms with E-state index in [1.165, 1.54) is 0 Å². The molecule has 17 heavy (non-hydrogen) atoms. The second-order valence-corrected chi connectivity index (χ2v) is 3.06. The van der Waals surface area contributed by atoms with Gasteiger partial charge in [0.2, 0.25) is 0 Å². The first-order valence-corrected chi connectivity index (χ1v) is 5.64. The van der Waals surface area contributed by atoms with Crippen LogP contribution in [0.5, 0.6) is 0 Å². The summed E-state index contributed by atoms with van der Waals surface area (Å²) < 4.78 is 0. The summed E-state index contributed by atoms with van der Waals surface area (Å²) in [7, 11) is 0. The first-order valence-electron chi connectivity index (χ1n) is 5.64. The molecule has 0 saturated carbocycles. The lowest BCUT2D eigenvalue weighted by Crippen LogP contribution is -1.66. The molecular weight excluding hydrogens is 208 g/mol. The minimum atomic E-state index is 0.0828. The topological polar surface area (TPSA) is 20.2 Å². The van der Waals surface area contributed by atoms with Crippen LogP contribution in [0, 0.1) is 0 Å². The zero-order valence-corrected chi connectivity index (χ0v) is 10.2. The fraction of sp³-hybridized carbons (Fsp3) is 0.125. The van der Waals surface area contributed by atoms with E-state index in [4.69, 9.17) is 5.11 Å². The molecular formula is C16H20O. The number of allylic oxidation sites excluding steroid dienone is 13. The van der Waals surface area contributed by atoms with Gasteiger partial charge in [-0.05, 0) is 6.92 Å². The Morgan fingerprint density at radius 2 is 0.941 bits per heavy atom. The molecule has 0 spiro atoms. The Labute approximate surface area is 104 Å². The van der Waals surface area contributed by atoms with E-state index in [0.717, 1.165) is 0 Å². The molecule has 0 aliphatic heterocycles. The number of aliphatic hydroxyl groups is 1. The van der Waals surface area contributed by atoms with E-state index in [1.54, 1.807) is 12.2 Å². The second-order valence-electron chi connectivity index (χ2n) is 3.06. The molecule has 0 amide bonds. The van der Waals surface area contributed by atoms with Crippen molar-refractivity contribution >= 4 is 0 Å². The van der Waals surface area contributed by atoms with Gasteiger partial charge in [0.05, 0.1) is 6.61 Å². The van der Waals surface area contributed by atoms with Gasteiger partial charge in [0.15, 0.2) is 0 Å². The second kappa shape index (κ2) is 14.1. The largest absolute Gasteiger partial charge is 0.392 e. The molecule has 0 rings (SSSR count). The van der Waals surface area contributed by atoms with E-state index in [2.05, 4.69) is 0 Å². The predicted octanol–water partition coefficient (Wildman–Crippen LogP) is 3.89. The molecule has 0 bridgehead atoms. The van der Waals surface area contributed by atoms with Gasteiger partial charge in [-0.25, -0.2) is 0 Å². The number of rotatable bonds is 7. The van der Waals surface area contributed by atoms with E-state index >= 15 is 0 Å². The van der Waals surface area contributed by atoms with E-state index in [9.17, 15) is 0 Å². The van der Waals surface area contributed by atoms with Gasteiger partial charge in [-0.15, -0.1) is 0 Å². The smallest absolute Gasteiger partial charge is 0.0615 e. The van der Waals surface area contributed by atoms with E-state index in [0.29, 0.717) is 0 Å². The molecule has 1 nitrogen and oxygen atoms in total. The lowest BCUT2D eigenvalue weighted by atomic mass is 10.3. The molecule has 0 saturated heterocycles. The molecule has 0 aliphatic carbocycles. The van der Waals surface area contributed by atoms with Crippen molar-refractivity contribution in [2.45, 2.75) is 6.92 Å². The maximum Gasteiger partial charge on any atom is 0.0615 e. The number of hydrogen-bond acceptors (Lipinski definition) is 1. The third kappa shape index (κ3) is 14.1. The van der Waals surface area contributed by atoms with Crippen LogP contribution in [0.25, 0.3) is 0 Å². The Bertz CT molecular complexity index is 350. The molecule has 90 valence electrons. The first-order chi connectivity index (χ1) is 8.41. The van der Waals surface area contributed by atoms with Gasteiger partial charge in [0.25, 0.3) is 0 Å². The molecule has 1 heteroatoms. The zero-order valence-electron chi connectivity index (χ0n) is 10.2. The van der Waals surface area contributed by atoms with Crippen LogP contribution in [0.2, 0.25) is 0 Å². The SMILES string of the molecule is CC=CC=CC=CC=CC=CC=CC=CCO. The lowest BCUT2D eigenvalue weighted by Gasteiger charge is -1.75. The Morgan fingerprint density at radius 1 is 0.588 bits per heavy atom. The van der Waals surface area contributed by atoms with Gasteiger partial charge >= 0.3 is 0 Å². The van der Waals surface area contributed by atoms with Crippen LogP contribution in [0.3, 0.4) is 0 Å². The number of hydrogen-bond donors (Lipinski definition) is 1. The quantitative estimate of drug-likeness (QED) is 0.655. The van der Waals surface area contributed by atoms with Crippen molar-refractivity contribution in [1.82, 2.24) is 0 Å². The van der Waals surface area contributed by atoms with Crippen molar-refractivity contribution in [2.24, 2.45) is 0 Å². The summed E-state index contributed by atoms with van der Waals surface area (Å²) in [5.41, 5.74) is 0. The molecule has 1 N–H and O–H groups in total. The maximum absolute atomic E-state index is 8.48. The van der Waals surface area contributed by atoms with Gasteiger partial charge < -0.3 is 5.11 Å². The van der Waals surface area contributed by atoms with Gasteiger partial charge in [-0.2, -0.15) is 0 Å². The van der Waals surface area contributed by atoms with Gasteiger partial charge in [-0.3, -0.25) is 0 Å². The average Bonchev–Trinajstić information content (AvgIpc) is 2.35. The van der Waals surface area contributed by atoms with Crippen molar-refractivity contribution in [3.63, 3.8) is 0 Å². The minimum absolute atomic E-state index is 0.0828. The Balaban J connectivity index is 3.76. The maximum atomic E-state index is 8.48. The third-order valence-corrected chi connectivity index (χ3v) is 1.66. The standard InChI is InChI=1S/C16H20O/c1-2-3-4-5-6-7-8-9-10-11-12-13-14-15-16-17/h2-15,17H,16H2,1H3. The van der Waals surface area contributed by atoms with Crippen LogP contribution >= 0.6 is 0 Å². The van der Waals surface area contributed by atoms with Gasteiger partial charge in [0.1, 0.15) is 0 Å². The summed E-state index contributed by atoms with van der Waals surface area (Å²) in [6, 6.07) is 0. The summed E-state index contributed by atoms with van der Waals surface area (Å²) in [5.74, 6) is 0. The summed E-state index contributed by atoms with van der Waals surface area (Å²) in [5, 5.41) is 8.48. The minimum Gasteiger partial charge on any atom is -0.392 e. The Hall–Kier alpha value is -1.86. The fourth-order valence-electron chi connectivity index (χ4n) is 0.892.